The summed E-state index contributed by atoms with van der Waals surface area (Å²) in [7, 11) is 1.51. The highest BCUT2D eigenvalue weighted by molar-refractivity contribution is 5.99. The topological polar surface area (TPSA) is 83.6 Å². The first-order valence-electron chi connectivity index (χ1n) is 9.46. The van der Waals surface area contributed by atoms with E-state index in [1.54, 1.807) is 12.4 Å². The van der Waals surface area contributed by atoms with Crippen LogP contribution < -0.4 is 15.5 Å². The van der Waals surface area contributed by atoms with Crippen LogP contribution in [0.1, 0.15) is 28.8 Å². The minimum Gasteiger partial charge on any atom is -0.375 e. The number of carbonyl (C=O) groups excluding carboxylic acids is 2. The third kappa shape index (κ3) is 5.29. The van der Waals surface area contributed by atoms with Crippen molar-refractivity contribution in [3.05, 3.63) is 59.9 Å². The first kappa shape index (κ1) is 19.8. The number of hydrogen-bond donors (Lipinski definition) is 2. The molecule has 0 aliphatic carbocycles. The second-order valence-electron chi connectivity index (χ2n) is 6.82. The molecular weight excluding hydrogens is 356 g/mol. The van der Waals surface area contributed by atoms with Crippen molar-refractivity contribution in [2.24, 2.45) is 0 Å². The molecule has 1 saturated heterocycles. The Morgan fingerprint density at radius 2 is 1.86 bits per heavy atom. The van der Waals surface area contributed by atoms with Crippen molar-refractivity contribution in [3.63, 3.8) is 0 Å². The smallest absolute Gasteiger partial charge is 0.253 e. The number of nitrogens with zero attached hydrogens (tertiary/aromatic N) is 2. The van der Waals surface area contributed by atoms with E-state index in [-0.39, 0.29) is 24.5 Å². The number of amides is 2. The van der Waals surface area contributed by atoms with Gasteiger partial charge in [0, 0.05) is 50.9 Å². The zero-order valence-electron chi connectivity index (χ0n) is 16.1. The summed E-state index contributed by atoms with van der Waals surface area (Å²) in [5.74, 6) is -0.181. The van der Waals surface area contributed by atoms with Crippen LogP contribution in [0.25, 0.3) is 0 Å². The lowest BCUT2D eigenvalue weighted by Crippen LogP contribution is -2.46. The molecule has 2 aromatic rings. The molecule has 0 radical (unpaired) electrons. The fourth-order valence-corrected chi connectivity index (χ4v) is 3.38. The predicted molar refractivity (Wildman–Crippen MR) is 107 cm³/mol. The lowest BCUT2D eigenvalue weighted by Gasteiger charge is -2.34. The van der Waals surface area contributed by atoms with Crippen LogP contribution in [0, 0.1) is 0 Å². The molecule has 148 valence electrons. The van der Waals surface area contributed by atoms with Gasteiger partial charge < -0.3 is 20.3 Å². The van der Waals surface area contributed by atoms with Gasteiger partial charge in [0.25, 0.3) is 5.91 Å². The minimum atomic E-state index is -0.0945. The third-order valence-electron chi connectivity index (χ3n) is 4.83. The van der Waals surface area contributed by atoms with Crippen molar-refractivity contribution in [2.75, 3.05) is 31.7 Å². The second-order valence-corrected chi connectivity index (χ2v) is 6.82. The highest BCUT2D eigenvalue weighted by Gasteiger charge is 2.23. The van der Waals surface area contributed by atoms with Crippen LogP contribution >= 0.6 is 0 Å². The maximum atomic E-state index is 12.7. The average Bonchev–Trinajstić information content (AvgIpc) is 2.73. The maximum absolute atomic E-state index is 12.7. The lowest BCUT2D eigenvalue weighted by atomic mass is 10.0. The molecule has 0 saturated carbocycles. The van der Waals surface area contributed by atoms with Crippen LogP contribution in [0.5, 0.6) is 0 Å². The number of para-hydroxylation sites is 1. The monoisotopic (exact) mass is 382 g/mol. The number of rotatable bonds is 7. The molecule has 2 amide bonds. The number of methoxy groups -OCH3 is 1. The van der Waals surface area contributed by atoms with Crippen LogP contribution in [0.3, 0.4) is 0 Å². The molecule has 7 nitrogen and oxygen atoms in total. The van der Waals surface area contributed by atoms with Crippen LogP contribution in [0.4, 0.5) is 5.69 Å². The van der Waals surface area contributed by atoms with Gasteiger partial charge in [-0.05, 0) is 42.7 Å². The molecule has 0 atom stereocenters. The summed E-state index contributed by atoms with van der Waals surface area (Å²) in [6, 6.07) is 11.6. The number of benzene rings is 1. The molecule has 1 fully saturated rings. The van der Waals surface area contributed by atoms with E-state index < -0.39 is 0 Å². The molecule has 3 rings (SSSR count). The summed E-state index contributed by atoms with van der Waals surface area (Å²) in [6.45, 7) is 2.11. The zero-order valence-corrected chi connectivity index (χ0v) is 16.1. The van der Waals surface area contributed by atoms with Crippen molar-refractivity contribution >= 4 is 17.5 Å². The molecule has 1 aliphatic heterocycles. The van der Waals surface area contributed by atoms with Crippen LogP contribution in [0.15, 0.2) is 48.8 Å². The van der Waals surface area contributed by atoms with E-state index in [0.29, 0.717) is 12.1 Å². The first-order chi connectivity index (χ1) is 13.7. The van der Waals surface area contributed by atoms with Gasteiger partial charge in [0.15, 0.2) is 0 Å². The molecule has 0 unspecified atom stereocenters. The van der Waals surface area contributed by atoms with Gasteiger partial charge in [-0.1, -0.05) is 12.1 Å². The van der Waals surface area contributed by atoms with Crippen LogP contribution in [-0.2, 0) is 16.1 Å². The fraction of sp³-hybridized carbons (Fsp3) is 0.381. The lowest BCUT2D eigenvalue weighted by molar-refractivity contribution is -0.125. The normalized spacial score (nSPS) is 14.5. The summed E-state index contributed by atoms with van der Waals surface area (Å²) in [6.07, 6.45) is 5.10. The van der Waals surface area contributed by atoms with Crippen molar-refractivity contribution in [2.45, 2.75) is 25.4 Å². The van der Waals surface area contributed by atoms with Gasteiger partial charge in [-0.25, -0.2) is 0 Å². The Balaban J connectivity index is 1.59. The van der Waals surface area contributed by atoms with Gasteiger partial charge in [-0.2, -0.15) is 0 Å². The number of pyridine rings is 1. The van der Waals surface area contributed by atoms with E-state index in [1.807, 2.05) is 36.4 Å². The van der Waals surface area contributed by atoms with Crippen LogP contribution in [0.2, 0.25) is 0 Å². The Kier molecular flexibility index (Phi) is 6.97. The molecule has 2 heterocycles. The standard InChI is InChI=1S/C21H26N4O3/c1-28-15-20(26)24-17-8-12-25(13-9-17)19-5-3-2-4-18(19)21(27)23-14-16-6-10-22-11-7-16/h2-7,10-11,17H,8-9,12-15H2,1H3,(H,23,27)(H,24,26). The van der Waals surface area contributed by atoms with E-state index in [2.05, 4.69) is 20.5 Å². The molecular formula is C21H26N4O3. The number of nitrogens with one attached hydrogen (secondary N) is 2. The maximum Gasteiger partial charge on any atom is 0.253 e. The Labute approximate surface area is 165 Å². The van der Waals surface area contributed by atoms with Crippen molar-refractivity contribution in [3.8, 4) is 0 Å². The highest BCUT2D eigenvalue weighted by Crippen LogP contribution is 2.24. The predicted octanol–water partition coefficient (Wildman–Crippen LogP) is 1.74. The molecule has 1 aliphatic rings. The van der Waals surface area contributed by atoms with Crippen molar-refractivity contribution in [1.82, 2.24) is 15.6 Å². The zero-order chi connectivity index (χ0) is 19.8. The Morgan fingerprint density at radius 3 is 2.57 bits per heavy atom. The average molecular weight is 382 g/mol. The largest absolute Gasteiger partial charge is 0.375 e. The number of aromatic nitrogens is 1. The second kappa shape index (κ2) is 9.85. The molecule has 0 bridgehead atoms. The van der Waals surface area contributed by atoms with E-state index >= 15 is 0 Å². The highest BCUT2D eigenvalue weighted by atomic mass is 16.5. The Morgan fingerprint density at radius 1 is 1.14 bits per heavy atom. The summed E-state index contributed by atoms with van der Waals surface area (Å²) >= 11 is 0. The quantitative estimate of drug-likeness (QED) is 0.762. The Hall–Kier alpha value is -2.93. The number of piperidine rings is 1. The van der Waals surface area contributed by atoms with Gasteiger partial charge in [0.1, 0.15) is 6.61 Å². The van der Waals surface area contributed by atoms with Gasteiger partial charge in [0.05, 0.1) is 5.56 Å². The SMILES string of the molecule is COCC(=O)NC1CCN(c2ccccc2C(=O)NCc2ccncc2)CC1. The number of carbonyl (C=O) groups is 2. The molecule has 1 aromatic carbocycles. The van der Waals surface area contributed by atoms with Crippen molar-refractivity contribution < 1.29 is 14.3 Å². The van der Waals surface area contributed by atoms with E-state index in [0.717, 1.165) is 37.2 Å². The molecule has 0 spiro atoms. The van der Waals surface area contributed by atoms with Gasteiger partial charge >= 0.3 is 0 Å². The molecule has 1 aromatic heterocycles. The van der Waals surface area contributed by atoms with E-state index in [1.165, 1.54) is 7.11 Å². The van der Waals surface area contributed by atoms with Gasteiger partial charge in [-0.3, -0.25) is 14.6 Å². The summed E-state index contributed by atoms with van der Waals surface area (Å²) in [5, 5.41) is 5.97. The number of anilines is 1. The van der Waals surface area contributed by atoms with Gasteiger partial charge in [0.2, 0.25) is 5.91 Å². The van der Waals surface area contributed by atoms with Gasteiger partial charge in [-0.15, -0.1) is 0 Å². The summed E-state index contributed by atoms with van der Waals surface area (Å²) < 4.78 is 4.86. The molecule has 2 N–H and O–H groups in total. The Bertz CT molecular complexity index is 789. The summed E-state index contributed by atoms with van der Waals surface area (Å²) in [4.78, 5) is 30.6. The van der Waals surface area contributed by atoms with Crippen LogP contribution in [-0.4, -0.2) is 49.6 Å². The molecule has 28 heavy (non-hydrogen) atoms. The fourth-order valence-electron chi connectivity index (χ4n) is 3.38. The summed E-state index contributed by atoms with van der Waals surface area (Å²) in [5.41, 5.74) is 2.60. The van der Waals surface area contributed by atoms with E-state index in [4.69, 9.17) is 4.74 Å². The first-order valence-corrected chi connectivity index (χ1v) is 9.46. The number of hydrogen-bond acceptors (Lipinski definition) is 5. The minimum absolute atomic E-state index is 0.0840. The third-order valence-corrected chi connectivity index (χ3v) is 4.83. The van der Waals surface area contributed by atoms with Crippen molar-refractivity contribution in [1.29, 1.82) is 0 Å². The number of ether oxygens (including phenoxy) is 1. The van der Waals surface area contributed by atoms with E-state index in [9.17, 15) is 9.59 Å². The molecule has 7 heteroatoms.